The average Bonchev–Trinajstić information content (AvgIpc) is 2.81. The highest BCUT2D eigenvalue weighted by Crippen LogP contribution is 2.26. The number of hydrogen-bond acceptors (Lipinski definition) is 5. The topological polar surface area (TPSA) is 61.0 Å². The van der Waals surface area contributed by atoms with E-state index in [4.69, 9.17) is 0 Å². The van der Waals surface area contributed by atoms with Gasteiger partial charge in [0.2, 0.25) is 0 Å². The van der Waals surface area contributed by atoms with Crippen LogP contribution in [0.3, 0.4) is 0 Å². The Labute approximate surface area is 153 Å². The molecule has 0 atom stereocenters. The second kappa shape index (κ2) is 8.43. The van der Waals surface area contributed by atoms with Crippen LogP contribution in [-0.2, 0) is 6.54 Å². The SMILES string of the molecule is CCNCC1CCN(Cc2nc3sc(C)c(C)c3c(=O)[nH]2)CC1.Cl. The van der Waals surface area contributed by atoms with Gasteiger partial charge in [0.1, 0.15) is 10.7 Å². The van der Waals surface area contributed by atoms with E-state index in [0.29, 0.717) is 0 Å². The van der Waals surface area contributed by atoms with Gasteiger partial charge in [0.05, 0.1) is 11.9 Å². The first kappa shape index (κ1) is 19.4. The van der Waals surface area contributed by atoms with Crippen LogP contribution in [-0.4, -0.2) is 41.0 Å². The first-order chi connectivity index (χ1) is 11.1. The van der Waals surface area contributed by atoms with Crippen LogP contribution in [0.2, 0.25) is 0 Å². The van der Waals surface area contributed by atoms with Gasteiger partial charge in [0.25, 0.3) is 5.56 Å². The van der Waals surface area contributed by atoms with Gasteiger partial charge in [-0.2, -0.15) is 0 Å². The molecule has 0 aliphatic carbocycles. The molecule has 0 bridgehead atoms. The molecule has 0 radical (unpaired) electrons. The Morgan fingerprint density at radius 1 is 1.33 bits per heavy atom. The molecule has 24 heavy (non-hydrogen) atoms. The number of H-pyrrole nitrogens is 1. The summed E-state index contributed by atoms with van der Waals surface area (Å²) in [5.41, 5.74) is 1.07. The molecule has 1 aliphatic heterocycles. The molecule has 134 valence electrons. The Kier molecular flexibility index (Phi) is 6.80. The van der Waals surface area contributed by atoms with Crippen molar-refractivity contribution in [2.45, 2.75) is 40.2 Å². The van der Waals surface area contributed by atoms with E-state index in [-0.39, 0.29) is 18.0 Å². The summed E-state index contributed by atoms with van der Waals surface area (Å²) in [6.07, 6.45) is 2.44. The smallest absolute Gasteiger partial charge is 0.259 e. The lowest BCUT2D eigenvalue weighted by Crippen LogP contribution is -2.37. The monoisotopic (exact) mass is 370 g/mol. The van der Waals surface area contributed by atoms with Crippen molar-refractivity contribution < 1.29 is 0 Å². The average molecular weight is 371 g/mol. The molecule has 5 nitrogen and oxygen atoms in total. The van der Waals surface area contributed by atoms with E-state index in [0.717, 1.165) is 60.2 Å². The van der Waals surface area contributed by atoms with Crippen molar-refractivity contribution in [1.29, 1.82) is 0 Å². The molecule has 0 saturated carbocycles. The van der Waals surface area contributed by atoms with Gasteiger partial charge in [-0.15, -0.1) is 23.7 Å². The van der Waals surface area contributed by atoms with E-state index in [1.54, 1.807) is 11.3 Å². The highest BCUT2D eigenvalue weighted by Gasteiger charge is 2.20. The predicted molar refractivity (Wildman–Crippen MR) is 104 cm³/mol. The van der Waals surface area contributed by atoms with Crippen molar-refractivity contribution in [3.8, 4) is 0 Å². The summed E-state index contributed by atoms with van der Waals surface area (Å²) in [5.74, 6) is 1.58. The minimum absolute atomic E-state index is 0. The fourth-order valence-electron chi connectivity index (χ4n) is 3.28. The molecule has 2 N–H and O–H groups in total. The Bertz CT molecular complexity index is 734. The number of aryl methyl sites for hydroxylation is 2. The second-order valence-corrected chi connectivity index (χ2v) is 7.71. The molecule has 1 aliphatic rings. The highest BCUT2D eigenvalue weighted by molar-refractivity contribution is 7.18. The number of thiophene rings is 1. The van der Waals surface area contributed by atoms with Crippen LogP contribution in [0.1, 0.15) is 36.0 Å². The van der Waals surface area contributed by atoms with Gasteiger partial charge in [-0.05, 0) is 64.3 Å². The normalized spacial score (nSPS) is 16.5. The van der Waals surface area contributed by atoms with E-state index in [2.05, 4.69) is 34.0 Å². The van der Waals surface area contributed by atoms with Crippen molar-refractivity contribution >= 4 is 34.0 Å². The Morgan fingerprint density at radius 3 is 2.71 bits per heavy atom. The fraction of sp³-hybridized carbons (Fsp3) is 0.647. The Morgan fingerprint density at radius 2 is 2.04 bits per heavy atom. The predicted octanol–water partition coefficient (Wildman–Crippen LogP) is 2.84. The van der Waals surface area contributed by atoms with Gasteiger partial charge in [0, 0.05) is 4.88 Å². The molecule has 7 heteroatoms. The molecule has 1 fully saturated rings. The van der Waals surface area contributed by atoms with Crippen LogP contribution in [0.25, 0.3) is 10.2 Å². The number of nitrogens with zero attached hydrogens (tertiary/aromatic N) is 2. The number of fused-ring (bicyclic) bond motifs is 1. The minimum Gasteiger partial charge on any atom is -0.317 e. The number of aromatic nitrogens is 2. The Balaban J connectivity index is 0.00000208. The van der Waals surface area contributed by atoms with E-state index in [9.17, 15) is 4.79 Å². The summed E-state index contributed by atoms with van der Waals surface area (Å²) in [6.45, 7) is 11.3. The molecule has 2 aromatic rings. The zero-order chi connectivity index (χ0) is 16.4. The first-order valence-electron chi connectivity index (χ1n) is 8.50. The lowest BCUT2D eigenvalue weighted by atomic mass is 9.97. The zero-order valence-electron chi connectivity index (χ0n) is 14.6. The molecule has 0 spiro atoms. The van der Waals surface area contributed by atoms with Crippen LogP contribution in [0.4, 0.5) is 0 Å². The third-order valence-corrected chi connectivity index (χ3v) is 5.95. The third kappa shape index (κ3) is 4.17. The van der Waals surface area contributed by atoms with Crippen LogP contribution in [0.15, 0.2) is 4.79 Å². The molecule has 3 heterocycles. The quantitative estimate of drug-likeness (QED) is 0.849. The molecule has 0 amide bonds. The molecular weight excluding hydrogens is 344 g/mol. The van der Waals surface area contributed by atoms with Crippen LogP contribution in [0, 0.1) is 19.8 Å². The lowest BCUT2D eigenvalue weighted by molar-refractivity contribution is 0.172. The van der Waals surface area contributed by atoms with E-state index < -0.39 is 0 Å². The number of piperidine rings is 1. The number of aromatic amines is 1. The van der Waals surface area contributed by atoms with Gasteiger partial charge in [-0.3, -0.25) is 9.69 Å². The summed E-state index contributed by atoms with van der Waals surface area (Å²) >= 11 is 1.62. The van der Waals surface area contributed by atoms with Crippen molar-refractivity contribution in [2.75, 3.05) is 26.2 Å². The van der Waals surface area contributed by atoms with E-state index in [1.807, 2.05) is 6.92 Å². The van der Waals surface area contributed by atoms with E-state index >= 15 is 0 Å². The zero-order valence-corrected chi connectivity index (χ0v) is 16.3. The van der Waals surface area contributed by atoms with E-state index in [1.165, 1.54) is 17.7 Å². The highest BCUT2D eigenvalue weighted by atomic mass is 35.5. The van der Waals surface area contributed by atoms with Crippen molar-refractivity contribution in [3.63, 3.8) is 0 Å². The van der Waals surface area contributed by atoms with Gasteiger partial charge >= 0.3 is 0 Å². The summed E-state index contributed by atoms with van der Waals surface area (Å²) < 4.78 is 0. The van der Waals surface area contributed by atoms with Gasteiger partial charge in [-0.25, -0.2) is 4.98 Å². The molecular formula is C17H27ClN4OS. The van der Waals surface area contributed by atoms with Crippen molar-refractivity contribution in [1.82, 2.24) is 20.2 Å². The van der Waals surface area contributed by atoms with Crippen molar-refractivity contribution in [2.24, 2.45) is 5.92 Å². The van der Waals surface area contributed by atoms with Gasteiger partial charge in [0.15, 0.2) is 0 Å². The summed E-state index contributed by atoms with van der Waals surface area (Å²) in [7, 11) is 0. The first-order valence-corrected chi connectivity index (χ1v) is 9.32. The van der Waals surface area contributed by atoms with Crippen molar-refractivity contribution in [3.05, 3.63) is 26.6 Å². The number of hydrogen-bond donors (Lipinski definition) is 2. The number of rotatable bonds is 5. The second-order valence-electron chi connectivity index (χ2n) is 6.50. The molecule has 1 saturated heterocycles. The molecule has 2 aromatic heterocycles. The lowest BCUT2D eigenvalue weighted by Gasteiger charge is -2.31. The van der Waals surface area contributed by atoms with Crippen LogP contribution >= 0.6 is 23.7 Å². The van der Waals surface area contributed by atoms with Gasteiger partial charge < -0.3 is 10.3 Å². The largest absolute Gasteiger partial charge is 0.317 e. The standard InChI is InChI=1S/C17H26N4OS.ClH/c1-4-18-9-13-5-7-21(8-6-13)10-14-19-16(22)15-11(2)12(3)23-17(15)20-14;/h13,18H,4-10H2,1-3H3,(H,19,20,22);1H. The summed E-state index contributed by atoms with van der Waals surface area (Å²) in [6, 6.07) is 0. The maximum Gasteiger partial charge on any atom is 0.259 e. The van der Waals surface area contributed by atoms with Gasteiger partial charge in [-0.1, -0.05) is 6.92 Å². The maximum atomic E-state index is 12.3. The summed E-state index contributed by atoms with van der Waals surface area (Å²) in [5, 5.41) is 4.21. The van der Waals surface area contributed by atoms with Crippen LogP contribution in [0.5, 0.6) is 0 Å². The molecule has 0 unspecified atom stereocenters. The minimum atomic E-state index is 0. The Hall–Kier alpha value is -0.950. The molecule has 0 aromatic carbocycles. The van der Waals surface area contributed by atoms with Crippen LogP contribution < -0.4 is 10.9 Å². The maximum absolute atomic E-state index is 12.3. The number of nitrogens with one attached hydrogen (secondary N) is 2. The summed E-state index contributed by atoms with van der Waals surface area (Å²) in [4.78, 5) is 24.5. The number of likely N-dealkylation sites (tertiary alicyclic amines) is 1. The number of halogens is 1. The fourth-order valence-corrected chi connectivity index (χ4v) is 4.33. The molecule has 3 rings (SSSR count). The third-order valence-electron chi connectivity index (χ3n) is 4.85.